The first kappa shape index (κ1) is 14.4. The minimum absolute atomic E-state index is 0.109. The van der Waals surface area contributed by atoms with Crippen LogP contribution in [-0.2, 0) is 24.2 Å². The molecule has 1 heterocycles. The largest absolute Gasteiger partial charge is 0.481 e. The van der Waals surface area contributed by atoms with E-state index in [4.69, 9.17) is 10.2 Å². The molecule has 8 nitrogen and oxygen atoms in total. The molecule has 1 aliphatic heterocycles. The van der Waals surface area contributed by atoms with Crippen LogP contribution in [0.1, 0.15) is 12.8 Å². The van der Waals surface area contributed by atoms with Crippen molar-refractivity contribution in [1.82, 2.24) is 5.32 Å². The molecule has 3 N–H and O–H groups in total. The number of carbonyl (C=O) groups is 3. The Kier molecular flexibility index (Phi) is 4.28. The predicted octanol–water partition coefficient (Wildman–Crippen LogP) is -1.53. The van der Waals surface area contributed by atoms with Gasteiger partial charge in [-0.15, -0.1) is 0 Å². The molecule has 0 radical (unpaired) electrons. The highest BCUT2D eigenvalue weighted by molar-refractivity contribution is 7.91. The summed E-state index contributed by atoms with van der Waals surface area (Å²) in [7, 11) is -3.24. The normalized spacial score (nSPS) is 23.2. The highest BCUT2D eigenvalue weighted by Crippen LogP contribution is 2.18. The van der Waals surface area contributed by atoms with Crippen LogP contribution in [0.4, 0.5) is 0 Å². The standard InChI is InChI=1S/C9H13NO7S/c11-7(12)3-6(9(14)15)10-8(13)5-1-2-18(16,17)4-5/h5-6H,1-4H2,(H,10,13)(H,11,12)(H,14,15). The molecule has 0 bridgehead atoms. The van der Waals surface area contributed by atoms with E-state index in [1.54, 1.807) is 0 Å². The summed E-state index contributed by atoms with van der Waals surface area (Å²) in [5.41, 5.74) is 0. The zero-order chi connectivity index (χ0) is 13.9. The number of hydrogen-bond acceptors (Lipinski definition) is 5. The molecule has 0 aliphatic carbocycles. The van der Waals surface area contributed by atoms with Crippen molar-refractivity contribution in [3.05, 3.63) is 0 Å². The van der Waals surface area contributed by atoms with Crippen molar-refractivity contribution in [3.8, 4) is 0 Å². The third-order valence-corrected chi connectivity index (χ3v) is 4.36. The molecular formula is C9H13NO7S. The molecule has 0 spiro atoms. The van der Waals surface area contributed by atoms with E-state index < -0.39 is 46.1 Å². The Balaban J connectivity index is 2.62. The van der Waals surface area contributed by atoms with Crippen LogP contribution in [0, 0.1) is 5.92 Å². The smallest absolute Gasteiger partial charge is 0.326 e. The van der Waals surface area contributed by atoms with Crippen LogP contribution in [0.2, 0.25) is 0 Å². The molecule has 1 aliphatic rings. The van der Waals surface area contributed by atoms with Crippen molar-refractivity contribution in [2.75, 3.05) is 11.5 Å². The van der Waals surface area contributed by atoms with Crippen LogP contribution in [-0.4, -0.2) is 54.0 Å². The van der Waals surface area contributed by atoms with Crippen LogP contribution >= 0.6 is 0 Å². The number of rotatable bonds is 5. The lowest BCUT2D eigenvalue weighted by Gasteiger charge is -2.14. The third kappa shape index (κ3) is 3.99. The summed E-state index contributed by atoms with van der Waals surface area (Å²) in [5.74, 6) is -4.79. The Bertz CT molecular complexity index is 469. The molecule has 0 aromatic heterocycles. The number of sulfone groups is 1. The SMILES string of the molecule is O=C(O)CC(NC(=O)C1CCS(=O)(=O)C1)C(=O)O. The Morgan fingerprint density at radius 2 is 1.89 bits per heavy atom. The third-order valence-electron chi connectivity index (χ3n) is 2.60. The van der Waals surface area contributed by atoms with E-state index in [2.05, 4.69) is 0 Å². The van der Waals surface area contributed by atoms with Gasteiger partial charge < -0.3 is 15.5 Å². The highest BCUT2D eigenvalue weighted by atomic mass is 32.2. The van der Waals surface area contributed by atoms with Crippen LogP contribution < -0.4 is 5.32 Å². The Hall–Kier alpha value is -1.64. The van der Waals surface area contributed by atoms with Crippen molar-refractivity contribution in [1.29, 1.82) is 0 Å². The monoisotopic (exact) mass is 279 g/mol. The lowest BCUT2D eigenvalue weighted by atomic mass is 10.1. The maximum absolute atomic E-state index is 11.6. The quantitative estimate of drug-likeness (QED) is 0.554. The molecule has 0 aromatic rings. The van der Waals surface area contributed by atoms with Crippen molar-refractivity contribution in [3.63, 3.8) is 0 Å². The Morgan fingerprint density at radius 1 is 1.28 bits per heavy atom. The van der Waals surface area contributed by atoms with E-state index >= 15 is 0 Å². The Labute approximate surface area is 103 Å². The second kappa shape index (κ2) is 5.34. The second-order valence-corrected chi connectivity index (χ2v) is 6.33. The van der Waals surface area contributed by atoms with Gasteiger partial charge in [-0.1, -0.05) is 0 Å². The zero-order valence-corrected chi connectivity index (χ0v) is 10.1. The van der Waals surface area contributed by atoms with E-state index in [1.807, 2.05) is 5.32 Å². The number of carboxylic acid groups (broad SMARTS) is 2. The first-order valence-corrected chi connectivity index (χ1v) is 6.99. The number of nitrogens with one attached hydrogen (secondary N) is 1. The van der Waals surface area contributed by atoms with Crippen molar-refractivity contribution in [2.45, 2.75) is 18.9 Å². The molecular weight excluding hydrogens is 266 g/mol. The van der Waals surface area contributed by atoms with Crippen molar-refractivity contribution in [2.24, 2.45) is 5.92 Å². The molecule has 2 unspecified atom stereocenters. The number of carboxylic acids is 2. The summed E-state index contributed by atoms with van der Waals surface area (Å²) < 4.78 is 22.3. The van der Waals surface area contributed by atoms with E-state index in [0.717, 1.165) is 0 Å². The van der Waals surface area contributed by atoms with E-state index in [0.29, 0.717) is 0 Å². The molecule has 1 fully saturated rings. The number of aliphatic carboxylic acids is 2. The molecule has 0 aromatic carbocycles. The first-order chi connectivity index (χ1) is 8.21. The molecule has 1 rings (SSSR count). The van der Waals surface area contributed by atoms with Crippen LogP contribution in [0.5, 0.6) is 0 Å². The second-order valence-electron chi connectivity index (χ2n) is 4.10. The molecule has 18 heavy (non-hydrogen) atoms. The van der Waals surface area contributed by atoms with Gasteiger partial charge in [-0.2, -0.15) is 0 Å². The summed E-state index contributed by atoms with van der Waals surface area (Å²) in [4.78, 5) is 32.7. The van der Waals surface area contributed by atoms with E-state index in [9.17, 15) is 22.8 Å². The average Bonchev–Trinajstić information content (AvgIpc) is 2.57. The van der Waals surface area contributed by atoms with Gasteiger partial charge in [0, 0.05) is 0 Å². The topological polar surface area (TPSA) is 138 Å². The summed E-state index contributed by atoms with van der Waals surface area (Å²) in [6.45, 7) is 0. The average molecular weight is 279 g/mol. The molecule has 1 amide bonds. The highest BCUT2D eigenvalue weighted by Gasteiger charge is 2.35. The van der Waals surface area contributed by atoms with E-state index in [1.165, 1.54) is 0 Å². The van der Waals surface area contributed by atoms with Gasteiger partial charge in [0.05, 0.1) is 23.8 Å². The van der Waals surface area contributed by atoms with E-state index in [-0.39, 0.29) is 17.9 Å². The van der Waals surface area contributed by atoms with Crippen LogP contribution in [0.25, 0.3) is 0 Å². The number of carbonyl (C=O) groups excluding carboxylic acids is 1. The minimum Gasteiger partial charge on any atom is -0.481 e. The fraction of sp³-hybridized carbons (Fsp3) is 0.667. The maximum Gasteiger partial charge on any atom is 0.326 e. The van der Waals surface area contributed by atoms with Gasteiger partial charge in [0.25, 0.3) is 0 Å². The summed E-state index contributed by atoms with van der Waals surface area (Å²) in [5, 5.41) is 19.2. The number of amides is 1. The lowest BCUT2D eigenvalue weighted by Crippen LogP contribution is -2.45. The summed E-state index contributed by atoms with van der Waals surface area (Å²) >= 11 is 0. The van der Waals surface area contributed by atoms with Gasteiger partial charge >= 0.3 is 11.9 Å². The zero-order valence-electron chi connectivity index (χ0n) is 9.33. The molecule has 102 valence electrons. The Morgan fingerprint density at radius 3 is 2.28 bits per heavy atom. The van der Waals surface area contributed by atoms with Crippen molar-refractivity contribution < 1.29 is 33.0 Å². The van der Waals surface area contributed by atoms with Gasteiger partial charge in [0.1, 0.15) is 6.04 Å². The summed E-state index contributed by atoms with van der Waals surface area (Å²) in [6, 6.07) is -1.54. The summed E-state index contributed by atoms with van der Waals surface area (Å²) in [6.07, 6.45) is -0.617. The van der Waals surface area contributed by atoms with Crippen LogP contribution in [0.15, 0.2) is 0 Å². The van der Waals surface area contributed by atoms with Crippen molar-refractivity contribution >= 4 is 27.7 Å². The van der Waals surface area contributed by atoms with Gasteiger partial charge in [0.2, 0.25) is 5.91 Å². The van der Waals surface area contributed by atoms with Gasteiger partial charge in [-0.3, -0.25) is 9.59 Å². The fourth-order valence-corrected chi connectivity index (χ4v) is 3.41. The lowest BCUT2D eigenvalue weighted by molar-refractivity contribution is -0.147. The van der Waals surface area contributed by atoms with Gasteiger partial charge in [-0.05, 0) is 6.42 Å². The van der Waals surface area contributed by atoms with Gasteiger partial charge in [-0.25, -0.2) is 13.2 Å². The molecule has 9 heteroatoms. The maximum atomic E-state index is 11.6. The minimum atomic E-state index is -3.24. The molecule has 2 atom stereocenters. The molecule has 0 saturated carbocycles. The van der Waals surface area contributed by atoms with Gasteiger partial charge in [0.15, 0.2) is 9.84 Å². The van der Waals surface area contributed by atoms with Crippen LogP contribution in [0.3, 0.4) is 0 Å². The molecule has 1 saturated heterocycles. The number of hydrogen-bond donors (Lipinski definition) is 3. The predicted molar refractivity (Wildman–Crippen MR) is 58.6 cm³/mol. The first-order valence-electron chi connectivity index (χ1n) is 5.16. The fourth-order valence-electron chi connectivity index (χ4n) is 1.67.